The molecule has 0 fully saturated rings. The molecule has 0 aliphatic carbocycles. The first-order valence-electron chi connectivity index (χ1n) is 9.16. The van der Waals surface area contributed by atoms with Crippen LogP contribution in [0.2, 0.25) is 0 Å². The molecule has 0 unspecified atom stereocenters. The highest BCUT2D eigenvalue weighted by Gasteiger charge is 2.31. The maximum absolute atomic E-state index is 12.0. The number of ether oxygens (including phenoxy) is 3. The van der Waals surface area contributed by atoms with Crippen molar-refractivity contribution < 1.29 is 33.2 Å². The maximum atomic E-state index is 12.0. The SMILES string of the molecule is COC(=O)c1ccc(OCc2nc(C(C)(C)NC(=O)OC(C)(C)C)no2)c([N+](=O)[O-])c1. The van der Waals surface area contributed by atoms with Crippen molar-refractivity contribution in [1.29, 1.82) is 0 Å². The molecule has 0 bridgehead atoms. The largest absolute Gasteiger partial charge is 0.477 e. The zero-order valence-electron chi connectivity index (χ0n) is 18.0. The molecule has 2 aromatic rings. The van der Waals surface area contributed by atoms with Crippen molar-refractivity contribution in [2.75, 3.05) is 7.11 Å². The van der Waals surface area contributed by atoms with E-state index in [1.165, 1.54) is 19.2 Å². The van der Waals surface area contributed by atoms with E-state index < -0.39 is 33.8 Å². The van der Waals surface area contributed by atoms with Crippen LogP contribution in [-0.2, 0) is 21.6 Å². The zero-order chi connectivity index (χ0) is 23.4. The van der Waals surface area contributed by atoms with Gasteiger partial charge in [-0.2, -0.15) is 4.98 Å². The van der Waals surface area contributed by atoms with Gasteiger partial charge >= 0.3 is 17.7 Å². The van der Waals surface area contributed by atoms with Crippen LogP contribution in [-0.4, -0.2) is 39.8 Å². The van der Waals surface area contributed by atoms with Gasteiger partial charge in [0.1, 0.15) is 11.1 Å². The van der Waals surface area contributed by atoms with Crippen molar-refractivity contribution in [3.8, 4) is 5.75 Å². The number of carbonyl (C=O) groups is 2. The number of nitrogens with one attached hydrogen (secondary N) is 1. The number of aromatic nitrogens is 2. The Labute approximate surface area is 178 Å². The number of methoxy groups -OCH3 is 1. The molecular weight excluding hydrogens is 412 g/mol. The minimum Gasteiger partial charge on any atom is -0.477 e. The first-order chi connectivity index (χ1) is 14.3. The second kappa shape index (κ2) is 8.98. The molecule has 1 aromatic carbocycles. The number of esters is 1. The average Bonchev–Trinajstić information content (AvgIpc) is 3.13. The fourth-order valence-electron chi connectivity index (χ4n) is 2.35. The number of alkyl carbamates (subject to hydrolysis) is 1. The molecule has 1 amide bonds. The molecule has 0 spiro atoms. The molecule has 1 heterocycles. The molecule has 0 radical (unpaired) electrons. The Hall–Kier alpha value is -3.70. The number of carbonyl (C=O) groups excluding carboxylic acids is 2. The summed E-state index contributed by atoms with van der Waals surface area (Å²) >= 11 is 0. The van der Waals surface area contributed by atoms with Gasteiger partial charge in [-0.1, -0.05) is 5.16 Å². The van der Waals surface area contributed by atoms with Crippen LogP contribution in [0.25, 0.3) is 0 Å². The smallest absolute Gasteiger partial charge is 0.408 e. The number of hydrogen-bond acceptors (Lipinski definition) is 10. The van der Waals surface area contributed by atoms with Gasteiger partial charge in [-0.15, -0.1) is 0 Å². The van der Waals surface area contributed by atoms with Crippen molar-refractivity contribution in [2.45, 2.75) is 52.4 Å². The molecule has 0 atom stereocenters. The van der Waals surface area contributed by atoms with Gasteiger partial charge in [0.05, 0.1) is 17.6 Å². The summed E-state index contributed by atoms with van der Waals surface area (Å²) in [4.78, 5) is 38.4. The summed E-state index contributed by atoms with van der Waals surface area (Å²) in [7, 11) is 1.17. The first-order valence-corrected chi connectivity index (χ1v) is 9.16. The predicted molar refractivity (Wildman–Crippen MR) is 105 cm³/mol. The second-order valence-electron chi connectivity index (χ2n) is 7.98. The highest BCUT2D eigenvalue weighted by Crippen LogP contribution is 2.29. The molecule has 0 saturated carbocycles. The molecule has 2 rings (SSSR count). The van der Waals surface area contributed by atoms with E-state index in [1.807, 2.05) is 0 Å². The summed E-state index contributed by atoms with van der Waals surface area (Å²) < 4.78 is 20.3. The van der Waals surface area contributed by atoms with Gasteiger partial charge in [0, 0.05) is 6.07 Å². The molecule has 1 aromatic heterocycles. The van der Waals surface area contributed by atoms with Crippen molar-refractivity contribution in [3.63, 3.8) is 0 Å². The number of nitrogens with zero attached hydrogens (tertiary/aromatic N) is 3. The van der Waals surface area contributed by atoms with Gasteiger partial charge in [0.2, 0.25) is 0 Å². The highest BCUT2D eigenvalue weighted by molar-refractivity contribution is 5.90. The number of nitro groups is 1. The van der Waals surface area contributed by atoms with Gasteiger partial charge in [-0.3, -0.25) is 10.1 Å². The monoisotopic (exact) mass is 436 g/mol. The van der Waals surface area contributed by atoms with Crippen LogP contribution < -0.4 is 10.1 Å². The van der Waals surface area contributed by atoms with Crippen molar-refractivity contribution in [1.82, 2.24) is 15.5 Å². The normalized spacial score (nSPS) is 11.5. The van der Waals surface area contributed by atoms with E-state index in [9.17, 15) is 19.7 Å². The van der Waals surface area contributed by atoms with E-state index in [-0.39, 0.29) is 29.6 Å². The minimum absolute atomic E-state index is 0.0107. The van der Waals surface area contributed by atoms with Gasteiger partial charge < -0.3 is 24.1 Å². The fourth-order valence-corrected chi connectivity index (χ4v) is 2.35. The average molecular weight is 436 g/mol. The van der Waals surface area contributed by atoms with E-state index >= 15 is 0 Å². The first kappa shape index (κ1) is 23.6. The third kappa shape index (κ3) is 6.39. The summed E-state index contributed by atoms with van der Waals surface area (Å²) in [6.45, 7) is 8.25. The number of rotatable bonds is 7. The fraction of sp³-hybridized carbons (Fsp3) is 0.474. The lowest BCUT2D eigenvalue weighted by Crippen LogP contribution is -2.44. The highest BCUT2D eigenvalue weighted by atomic mass is 16.6. The summed E-state index contributed by atoms with van der Waals surface area (Å²) in [5.74, 6) is -0.618. The Balaban J connectivity index is 2.10. The summed E-state index contributed by atoms with van der Waals surface area (Å²) in [5, 5.41) is 17.8. The number of nitro benzene ring substituents is 1. The van der Waals surface area contributed by atoms with Gasteiger partial charge in [-0.25, -0.2) is 9.59 Å². The molecule has 12 nitrogen and oxygen atoms in total. The number of amides is 1. The van der Waals surface area contributed by atoms with Gasteiger partial charge in [0.15, 0.2) is 18.2 Å². The predicted octanol–water partition coefficient (Wildman–Crippen LogP) is 3.10. The van der Waals surface area contributed by atoms with Crippen LogP contribution in [0.5, 0.6) is 5.75 Å². The van der Waals surface area contributed by atoms with E-state index in [0.29, 0.717) is 0 Å². The van der Waals surface area contributed by atoms with Gasteiger partial charge in [0.25, 0.3) is 5.89 Å². The van der Waals surface area contributed by atoms with E-state index in [2.05, 4.69) is 20.2 Å². The Kier molecular flexibility index (Phi) is 6.83. The molecular formula is C19H24N4O8. The Morgan fingerprint density at radius 2 is 1.90 bits per heavy atom. The summed E-state index contributed by atoms with van der Waals surface area (Å²) in [5.41, 5.74) is -2.10. The summed E-state index contributed by atoms with van der Waals surface area (Å²) in [6.07, 6.45) is -0.651. The lowest BCUT2D eigenvalue weighted by atomic mass is 10.1. The lowest BCUT2D eigenvalue weighted by Gasteiger charge is -2.26. The van der Waals surface area contributed by atoms with Crippen LogP contribution in [0.1, 0.15) is 56.7 Å². The third-order valence-corrected chi connectivity index (χ3v) is 3.77. The maximum Gasteiger partial charge on any atom is 0.408 e. The van der Waals surface area contributed by atoms with E-state index in [1.54, 1.807) is 34.6 Å². The Morgan fingerprint density at radius 1 is 1.23 bits per heavy atom. The Bertz CT molecular complexity index is 978. The molecule has 0 aliphatic heterocycles. The van der Waals surface area contributed by atoms with Crippen molar-refractivity contribution in [2.24, 2.45) is 0 Å². The Morgan fingerprint density at radius 3 is 2.48 bits per heavy atom. The topological polar surface area (TPSA) is 156 Å². The van der Waals surface area contributed by atoms with Gasteiger partial charge in [-0.05, 0) is 46.8 Å². The van der Waals surface area contributed by atoms with Crippen molar-refractivity contribution >= 4 is 17.7 Å². The lowest BCUT2D eigenvalue weighted by molar-refractivity contribution is -0.386. The second-order valence-corrected chi connectivity index (χ2v) is 7.98. The van der Waals surface area contributed by atoms with Crippen LogP contribution in [0.15, 0.2) is 22.7 Å². The standard InChI is InChI=1S/C19H24N4O8/c1-18(2,3)30-17(25)21-19(4,5)16-20-14(31-22-16)10-29-13-8-7-11(15(24)28-6)9-12(13)23(26)27/h7-9H,10H2,1-6H3,(H,21,25). The molecule has 1 N–H and O–H groups in total. The van der Waals surface area contributed by atoms with E-state index in [4.69, 9.17) is 14.0 Å². The quantitative estimate of drug-likeness (QED) is 0.388. The van der Waals surface area contributed by atoms with Crippen LogP contribution in [0.4, 0.5) is 10.5 Å². The molecule has 0 saturated heterocycles. The van der Waals surface area contributed by atoms with Crippen LogP contribution >= 0.6 is 0 Å². The van der Waals surface area contributed by atoms with Crippen LogP contribution in [0.3, 0.4) is 0 Å². The molecule has 31 heavy (non-hydrogen) atoms. The van der Waals surface area contributed by atoms with E-state index in [0.717, 1.165) is 6.07 Å². The molecule has 0 aliphatic rings. The van der Waals surface area contributed by atoms with Crippen LogP contribution in [0, 0.1) is 10.1 Å². The number of benzene rings is 1. The zero-order valence-corrected chi connectivity index (χ0v) is 18.0. The number of hydrogen-bond donors (Lipinski definition) is 1. The minimum atomic E-state index is -1.02. The van der Waals surface area contributed by atoms with Crippen molar-refractivity contribution in [3.05, 3.63) is 45.6 Å². The molecule has 168 valence electrons. The molecule has 12 heteroatoms. The summed E-state index contributed by atoms with van der Waals surface area (Å²) in [6, 6.07) is 3.66. The third-order valence-electron chi connectivity index (χ3n) is 3.77.